The summed E-state index contributed by atoms with van der Waals surface area (Å²) in [5.41, 5.74) is 1.56. The maximum absolute atomic E-state index is 13.3. The number of nitrogens with one attached hydrogen (secondary N) is 1. The quantitative estimate of drug-likeness (QED) is 0.478. The van der Waals surface area contributed by atoms with Crippen molar-refractivity contribution in [2.75, 3.05) is 0 Å². The van der Waals surface area contributed by atoms with Gasteiger partial charge < -0.3 is 4.98 Å². The van der Waals surface area contributed by atoms with Crippen LogP contribution in [0.2, 0.25) is 0 Å². The number of aromatic nitrogens is 1. The molecule has 3 heteroatoms. The molecule has 0 aliphatic carbocycles. The molecule has 0 radical (unpaired) electrons. The largest absolute Gasteiger partial charge is 0.354 e. The Morgan fingerprint density at radius 2 is 1.65 bits per heavy atom. The van der Waals surface area contributed by atoms with Crippen molar-refractivity contribution < 1.29 is 4.39 Å². The molecule has 0 aliphatic heterocycles. The first-order chi connectivity index (χ1) is 9.72. The van der Waals surface area contributed by atoms with Crippen molar-refractivity contribution in [3.05, 3.63) is 70.6 Å². The van der Waals surface area contributed by atoms with Crippen LogP contribution in [0.15, 0.2) is 59.4 Å². The maximum Gasteiger partial charge on any atom is 0.197 e. The van der Waals surface area contributed by atoms with E-state index in [1.54, 1.807) is 18.2 Å². The van der Waals surface area contributed by atoms with E-state index in [1.165, 1.54) is 12.1 Å². The molecule has 0 atom stereocenters. The van der Waals surface area contributed by atoms with Gasteiger partial charge in [-0.25, -0.2) is 4.39 Å². The van der Waals surface area contributed by atoms with Crippen LogP contribution in [-0.2, 0) is 0 Å². The number of rotatable bonds is 0. The highest BCUT2D eigenvalue weighted by molar-refractivity contribution is 6.00. The molecule has 1 aromatic heterocycles. The van der Waals surface area contributed by atoms with E-state index in [4.69, 9.17) is 0 Å². The third-order valence-electron chi connectivity index (χ3n) is 3.62. The van der Waals surface area contributed by atoms with Crippen molar-refractivity contribution >= 4 is 32.6 Å². The second kappa shape index (κ2) is 3.90. The Balaban J connectivity index is 2.25. The molecule has 0 saturated carbocycles. The normalized spacial score (nSPS) is 11.4. The zero-order valence-electron chi connectivity index (χ0n) is 10.5. The number of hydrogen-bond donors (Lipinski definition) is 1. The molecule has 1 N–H and O–H groups in total. The molecule has 0 aliphatic rings. The number of para-hydroxylation sites is 1. The molecule has 96 valence electrons. The van der Waals surface area contributed by atoms with Gasteiger partial charge in [-0.2, -0.15) is 0 Å². The van der Waals surface area contributed by atoms with Gasteiger partial charge in [0.05, 0.1) is 5.52 Å². The van der Waals surface area contributed by atoms with Crippen molar-refractivity contribution in [1.29, 1.82) is 0 Å². The molecule has 0 saturated heterocycles. The van der Waals surface area contributed by atoms with E-state index in [2.05, 4.69) is 4.98 Å². The van der Waals surface area contributed by atoms with E-state index in [9.17, 15) is 9.18 Å². The van der Waals surface area contributed by atoms with Gasteiger partial charge in [0.25, 0.3) is 0 Å². The Morgan fingerprint density at radius 1 is 0.800 bits per heavy atom. The lowest BCUT2D eigenvalue weighted by atomic mass is 10.0. The van der Waals surface area contributed by atoms with Crippen LogP contribution >= 0.6 is 0 Å². The molecule has 4 rings (SSSR count). The lowest BCUT2D eigenvalue weighted by Crippen LogP contribution is -2.03. The van der Waals surface area contributed by atoms with Crippen LogP contribution in [0.25, 0.3) is 32.6 Å². The molecular formula is C17H10FNO. The van der Waals surface area contributed by atoms with Crippen LogP contribution in [0, 0.1) is 5.82 Å². The second-order valence-electron chi connectivity index (χ2n) is 4.89. The van der Waals surface area contributed by atoms with Gasteiger partial charge >= 0.3 is 0 Å². The number of benzene rings is 3. The highest BCUT2D eigenvalue weighted by Crippen LogP contribution is 2.22. The van der Waals surface area contributed by atoms with E-state index in [0.29, 0.717) is 10.8 Å². The molecule has 1 heterocycles. The zero-order chi connectivity index (χ0) is 13.7. The smallest absolute Gasteiger partial charge is 0.197 e. The van der Waals surface area contributed by atoms with E-state index in [1.807, 2.05) is 24.3 Å². The summed E-state index contributed by atoms with van der Waals surface area (Å²) in [5, 5.41) is 2.88. The number of fused-ring (bicyclic) bond motifs is 3. The Bertz CT molecular complexity index is 1030. The predicted molar refractivity (Wildman–Crippen MR) is 79.5 cm³/mol. The fraction of sp³-hybridized carbons (Fsp3) is 0. The Morgan fingerprint density at radius 3 is 2.55 bits per heavy atom. The topological polar surface area (TPSA) is 32.9 Å². The van der Waals surface area contributed by atoms with Gasteiger partial charge in [-0.3, -0.25) is 4.79 Å². The van der Waals surface area contributed by atoms with Gasteiger partial charge in [0.2, 0.25) is 0 Å². The molecule has 0 amide bonds. The average Bonchev–Trinajstić information content (AvgIpc) is 2.46. The van der Waals surface area contributed by atoms with E-state index >= 15 is 0 Å². The summed E-state index contributed by atoms with van der Waals surface area (Å²) in [7, 11) is 0. The summed E-state index contributed by atoms with van der Waals surface area (Å²) in [6.07, 6.45) is 0. The number of H-pyrrole nitrogens is 1. The molecule has 0 spiro atoms. The van der Waals surface area contributed by atoms with Crippen LogP contribution in [0.3, 0.4) is 0 Å². The fourth-order valence-corrected chi connectivity index (χ4v) is 2.64. The predicted octanol–water partition coefficient (Wildman–Crippen LogP) is 3.97. The standard InChI is InChI=1S/C17H10FNO/c18-12-6-5-10-9-16-14(8-11(10)7-12)17(20)13-3-1-2-4-15(13)19-16/h1-9H,(H,19,20). The van der Waals surface area contributed by atoms with Crippen molar-refractivity contribution in [3.8, 4) is 0 Å². The minimum absolute atomic E-state index is 0.0273. The first-order valence-corrected chi connectivity index (χ1v) is 6.36. The Kier molecular flexibility index (Phi) is 2.18. The highest BCUT2D eigenvalue weighted by Gasteiger charge is 2.06. The van der Waals surface area contributed by atoms with Crippen LogP contribution < -0.4 is 5.43 Å². The van der Waals surface area contributed by atoms with Gasteiger partial charge in [-0.1, -0.05) is 18.2 Å². The van der Waals surface area contributed by atoms with Gasteiger partial charge in [-0.05, 0) is 47.2 Å². The van der Waals surface area contributed by atoms with Crippen molar-refractivity contribution in [3.63, 3.8) is 0 Å². The van der Waals surface area contributed by atoms with Crippen LogP contribution in [0.5, 0.6) is 0 Å². The molecule has 0 fully saturated rings. The lowest BCUT2D eigenvalue weighted by Gasteiger charge is -2.05. The third-order valence-corrected chi connectivity index (χ3v) is 3.62. The Labute approximate surface area is 113 Å². The molecular weight excluding hydrogens is 253 g/mol. The lowest BCUT2D eigenvalue weighted by molar-refractivity contribution is 0.630. The van der Waals surface area contributed by atoms with E-state index in [0.717, 1.165) is 21.8 Å². The van der Waals surface area contributed by atoms with Crippen molar-refractivity contribution in [2.45, 2.75) is 0 Å². The molecule has 20 heavy (non-hydrogen) atoms. The minimum atomic E-state index is -0.297. The van der Waals surface area contributed by atoms with Crippen molar-refractivity contribution in [2.24, 2.45) is 0 Å². The molecule has 3 aromatic carbocycles. The van der Waals surface area contributed by atoms with Crippen molar-refractivity contribution in [1.82, 2.24) is 4.98 Å². The van der Waals surface area contributed by atoms with Crippen LogP contribution in [-0.4, -0.2) is 4.98 Å². The molecule has 0 unspecified atom stereocenters. The summed E-state index contributed by atoms with van der Waals surface area (Å²) in [4.78, 5) is 15.8. The highest BCUT2D eigenvalue weighted by atomic mass is 19.1. The monoisotopic (exact) mass is 263 g/mol. The summed E-state index contributed by atoms with van der Waals surface area (Å²) in [6, 6.07) is 15.6. The maximum atomic E-state index is 13.3. The SMILES string of the molecule is O=c1c2ccccc2[nH]c2cc3ccc(F)cc3cc12. The number of hydrogen-bond acceptors (Lipinski definition) is 1. The average molecular weight is 263 g/mol. The minimum Gasteiger partial charge on any atom is -0.354 e. The summed E-state index contributed by atoms with van der Waals surface area (Å²) >= 11 is 0. The van der Waals surface area contributed by atoms with Crippen LogP contribution in [0.4, 0.5) is 4.39 Å². The first kappa shape index (κ1) is 11.2. The van der Waals surface area contributed by atoms with E-state index < -0.39 is 0 Å². The number of pyridine rings is 1. The summed E-state index contributed by atoms with van der Waals surface area (Å²) in [5.74, 6) is -0.297. The first-order valence-electron chi connectivity index (χ1n) is 6.36. The molecule has 4 aromatic rings. The second-order valence-corrected chi connectivity index (χ2v) is 4.89. The summed E-state index contributed by atoms with van der Waals surface area (Å²) in [6.45, 7) is 0. The molecule has 0 bridgehead atoms. The van der Waals surface area contributed by atoms with Gasteiger partial charge in [-0.15, -0.1) is 0 Å². The Hall–Kier alpha value is -2.68. The van der Waals surface area contributed by atoms with E-state index in [-0.39, 0.29) is 11.2 Å². The van der Waals surface area contributed by atoms with Gasteiger partial charge in [0.1, 0.15) is 5.82 Å². The number of aromatic amines is 1. The number of halogens is 1. The zero-order valence-corrected chi connectivity index (χ0v) is 10.5. The third kappa shape index (κ3) is 1.53. The van der Waals surface area contributed by atoms with Crippen LogP contribution in [0.1, 0.15) is 0 Å². The van der Waals surface area contributed by atoms with Gasteiger partial charge in [0, 0.05) is 16.3 Å². The molecule has 2 nitrogen and oxygen atoms in total. The summed E-state index contributed by atoms with van der Waals surface area (Å²) < 4.78 is 13.3. The van der Waals surface area contributed by atoms with Gasteiger partial charge in [0.15, 0.2) is 5.43 Å². The fourth-order valence-electron chi connectivity index (χ4n) is 2.64.